The van der Waals surface area contributed by atoms with Crippen molar-refractivity contribution in [2.45, 2.75) is 32.4 Å². The van der Waals surface area contributed by atoms with E-state index in [9.17, 15) is 4.39 Å². The highest BCUT2D eigenvalue weighted by atomic mass is 19.1. The number of aliphatic hydroxyl groups is 1. The Morgan fingerprint density at radius 2 is 2.00 bits per heavy atom. The van der Waals surface area contributed by atoms with E-state index in [1.165, 1.54) is 23.6 Å². The fourth-order valence-electron chi connectivity index (χ4n) is 2.86. The molecule has 2 aromatic carbocycles. The van der Waals surface area contributed by atoms with Gasteiger partial charge in [0, 0.05) is 11.3 Å². The number of fused-ring (bicyclic) bond motifs is 1. The number of guanidine groups is 1. The van der Waals surface area contributed by atoms with E-state index >= 15 is 0 Å². The van der Waals surface area contributed by atoms with Crippen molar-refractivity contribution < 1.29 is 9.50 Å². The summed E-state index contributed by atoms with van der Waals surface area (Å²) in [7, 11) is 0. The maximum atomic E-state index is 13.3. The fourth-order valence-corrected chi connectivity index (χ4v) is 2.86. The third kappa shape index (κ3) is 3.68. The second-order valence-electron chi connectivity index (χ2n) is 5.75. The van der Waals surface area contributed by atoms with E-state index < -0.39 is 5.82 Å². The van der Waals surface area contributed by atoms with Crippen molar-refractivity contribution in [3.63, 3.8) is 0 Å². The predicted molar refractivity (Wildman–Crippen MR) is 89.7 cm³/mol. The summed E-state index contributed by atoms with van der Waals surface area (Å²) in [4.78, 5) is 4.27. The largest absolute Gasteiger partial charge is 0.392 e. The van der Waals surface area contributed by atoms with Crippen LogP contribution < -0.4 is 11.1 Å². The summed E-state index contributed by atoms with van der Waals surface area (Å²) in [5.41, 5.74) is 10.7. The van der Waals surface area contributed by atoms with Crippen LogP contribution in [-0.4, -0.2) is 11.1 Å². The number of nitrogens with two attached hydrogens (primary N) is 1. The molecule has 0 saturated carbocycles. The zero-order valence-electron chi connectivity index (χ0n) is 12.8. The quantitative estimate of drug-likeness (QED) is 0.600. The summed E-state index contributed by atoms with van der Waals surface area (Å²) in [5, 5.41) is 12.2. The van der Waals surface area contributed by atoms with Crippen molar-refractivity contribution in [3.05, 3.63) is 64.5 Å². The Morgan fingerprint density at radius 3 is 2.83 bits per heavy atom. The molecule has 4 nitrogen and oxygen atoms in total. The van der Waals surface area contributed by atoms with Crippen molar-refractivity contribution in [2.24, 2.45) is 10.7 Å². The minimum Gasteiger partial charge on any atom is -0.392 e. The summed E-state index contributed by atoms with van der Waals surface area (Å²) in [6.45, 7) is 0.00327. The van der Waals surface area contributed by atoms with Gasteiger partial charge in [0.1, 0.15) is 5.82 Å². The first-order chi connectivity index (χ1) is 11.2. The van der Waals surface area contributed by atoms with Crippen LogP contribution in [0.4, 0.5) is 10.1 Å². The predicted octanol–water partition coefficient (Wildman–Crippen LogP) is 2.73. The van der Waals surface area contributed by atoms with E-state index in [-0.39, 0.29) is 12.2 Å². The Kier molecular flexibility index (Phi) is 4.57. The van der Waals surface area contributed by atoms with E-state index in [2.05, 4.69) is 22.4 Å². The molecule has 0 fully saturated rings. The molecule has 5 heteroatoms. The SMILES string of the molecule is NC(=NCc1ccc(F)c(CO)c1)Nc1ccc2c(c1)CCC2. The van der Waals surface area contributed by atoms with Gasteiger partial charge in [0.15, 0.2) is 5.96 Å². The number of nitrogens with one attached hydrogen (secondary N) is 1. The molecule has 0 aromatic heterocycles. The van der Waals surface area contributed by atoms with Gasteiger partial charge < -0.3 is 16.2 Å². The molecular weight excluding hydrogens is 293 g/mol. The number of hydrogen-bond donors (Lipinski definition) is 3. The van der Waals surface area contributed by atoms with Crippen LogP contribution in [0.3, 0.4) is 0 Å². The van der Waals surface area contributed by atoms with Gasteiger partial charge in [-0.1, -0.05) is 12.1 Å². The third-order valence-corrected chi connectivity index (χ3v) is 4.08. The second-order valence-corrected chi connectivity index (χ2v) is 5.75. The smallest absolute Gasteiger partial charge is 0.193 e. The lowest BCUT2D eigenvalue weighted by Crippen LogP contribution is -2.22. The molecule has 0 atom stereocenters. The molecule has 0 aliphatic heterocycles. The molecule has 3 rings (SSSR count). The van der Waals surface area contributed by atoms with E-state index in [4.69, 9.17) is 10.8 Å². The average Bonchev–Trinajstić information content (AvgIpc) is 3.01. The molecule has 120 valence electrons. The molecule has 1 aliphatic carbocycles. The molecule has 0 heterocycles. The molecule has 4 N–H and O–H groups in total. The van der Waals surface area contributed by atoms with E-state index in [1.807, 2.05) is 6.07 Å². The number of aliphatic hydroxyl groups excluding tert-OH is 1. The molecular formula is C18H20FN3O. The Hall–Kier alpha value is -2.40. The first-order valence-corrected chi connectivity index (χ1v) is 7.72. The van der Waals surface area contributed by atoms with Gasteiger partial charge in [-0.25, -0.2) is 9.38 Å². The topological polar surface area (TPSA) is 70.6 Å². The molecule has 2 aromatic rings. The molecule has 0 radical (unpaired) electrons. The van der Waals surface area contributed by atoms with Crippen LogP contribution in [0.1, 0.15) is 28.7 Å². The van der Waals surface area contributed by atoms with Crippen LogP contribution in [0.5, 0.6) is 0 Å². The van der Waals surface area contributed by atoms with Crippen molar-refractivity contribution in [3.8, 4) is 0 Å². The van der Waals surface area contributed by atoms with Gasteiger partial charge in [-0.3, -0.25) is 0 Å². The highest BCUT2D eigenvalue weighted by Gasteiger charge is 2.10. The number of hydrogen-bond acceptors (Lipinski definition) is 2. The van der Waals surface area contributed by atoms with E-state index in [1.54, 1.807) is 12.1 Å². The van der Waals surface area contributed by atoms with Crippen LogP contribution in [-0.2, 0) is 26.0 Å². The number of anilines is 1. The Morgan fingerprint density at radius 1 is 1.17 bits per heavy atom. The van der Waals surface area contributed by atoms with Crippen LogP contribution in [0.25, 0.3) is 0 Å². The van der Waals surface area contributed by atoms with Gasteiger partial charge in [0.2, 0.25) is 0 Å². The number of aryl methyl sites for hydroxylation is 2. The lowest BCUT2D eigenvalue weighted by atomic mass is 10.1. The highest BCUT2D eigenvalue weighted by Crippen LogP contribution is 2.24. The summed E-state index contributed by atoms with van der Waals surface area (Å²) >= 11 is 0. The number of halogens is 1. The average molecular weight is 313 g/mol. The lowest BCUT2D eigenvalue weighted by molar-refractivity contribution is 0.275. The maximum absolute atomic E-state index is 13.3. The number of rotatable bonds is 4. The number of aliphatic imine (C=N–C) groups is 1. The second kappa shape index (κ2) is 6.79. The van der Waals surface area contributed by atoms with Gasteiger partial charge in [-0.05, 0) is 60.2 Å². The summed E-state index contributed by atoms with van der Waals surface area (Å²) in [6, 6.07) is 10.8. The molecule has 0 saturated heterocycles. The van der Waals surface area contributed by atoms with Gasteiger partial charge >= 0.3 is 0 Å². The molecule has 1 aliphatic rings. The first kappa shape index (κ1) is 15.5. The number of nitrogens with zero attached hydrogens (tertiary/aromatic N) is 1. The van der Waals surface area contributed by atoms with E-state index in [0.29, 0.717) is 12.5 Å². The van der Waals surface area contributed by atoms with Gasteiger partial charge in [0.25, 0.3) is 0 Å². The zero-order valence-corrected chi connectivity index (χ0v) is 12.8. The molecule has 23 heavy (non-hydrogen) atoms. The Labute approximate surface area is 134 Å². The van der Waals surface area contributed by atoms with Gasteiger partial charge in [-0.15, -0.1) is 0 Å². The zero-order chi connectivity index (χ0) is 16.2. The minimum absolute atomic E-state index is 0.267. The van der Waals surface area contributed by atoms with Crippen molar-refractivity contribution in [1.82, 2.24) is 0 Å². The summed E-state index contributed by atoms with van der Waals surface area (Å²) in [5.74, 6) is -0.0951. The van der Waals surface area contributed by atoms with Crippen molar-refractivity contribution in [2.75, 3.05) is 5.32 Å². The summed E-state index contributed by atoms with van der Waals surface area (Å²) < 4.78 is 13.3. The molecule has 0 bridgehead atoms. The maximum Gasteiger partial charge on any atom is 0.193 e. The molecule has 0 spiro atoms. The Bertz CT molecular complexity index is 743. The monoisotopic (exact) mass is 313 g/mol. The Balaban J connectivity index is 1.66. The van der Waals surface area contributed by atoms with Gasteiger partial charge in [-0.2, -0.15) is 0 Å². The standard InChI is InChI=1S/C18H20FN3O/c19-17-7-4-12(8-15(17)11-23)10-21-18(20)22-16-6-5-13-2-1-3-14(13)9-16/h4-9,23H,1-3,10-11H2,(H3,20,21,22). The fraction of sp³-hybridized carbons (Fsp3) is 0.278. The van der Waals surface area contributed by atoms with E-state index in [0.717, 1.165) is 24.1 Å². The van der Waals surface area contributed by atoms with Crippen LogP contribution in [0.15, 0.2) is 41.4 Å². The van der Waals surface area contributed by atoms with Crippen LogP contribution in [0, 0.1) is 5.82 Å². The van der Waals surface area contributed by atoms with Crippen LogP contribution >= 0.6 is 0 Å². The molecule has 0 amide bonds. The number of benzene rings is 2. The molecule has 0 unspecified atom stereocenters. The normalized spacial score (nSPS) is 13.9. The lowest BCUT2D eigenvalue weighted by Gasteiger charge is -2.08. The van der Waals surface area contributed by atoms with Gasteiger partial charge in [0.05, 0.1) is 13.2 Å². The highest BCUT2D eigenvalue weighted by molar-refractivity contribution is 5.92. The third-order valence-electron chi connectivity index (χ3n) is 4.08. The van der Waals surface area contributed by atoms with Crippen molar-refractivity contribution in [1.29, 1.82) is 0 Å². The minimum atomic E-state index is -0.413. The first-order valence-electron chi connectivity index (χ1n) is 7.72. The van der Waals surface area contributed by atoms with Crippen LogP contribution in [0.2, 0.25) is 0 Å². The van der Waals surface area contributed by atoms with Crippen molar-refractivity contribution >= 4 is 11.6 Å². The summed E-state index contributed by atoms with van der Waals surface area (Å²) in [6.07, 6.45) is 3.47.